The molecule has 0 saturated carbocycles. The predicted molar refractivity (Wildman–Crippen MR) is 84.8 cm³/mol. The molecule has 0 bridgehead atoms. The summed E-state index contributed by atoms with van der Waals surface area (Å²) in [6, 6.07) is 5.55. The van der Waals surface area contributed by atoms with E-state index in [0.29, 0.717) is 11.6 Å². The number of hydrogen-bond donors (Lipinski definition) is 1. The normalized spacial score (nSPS) is 10.7. The van der Waals surface area contributed by atoms with Crippen LogP contribution >= 0.6 is 11.6 Å². The summed E-state index contributed by atoms with van der Waals surface area (Å²) in [6.45, 7) is 3.45. The fourth-order valence-corrected chi connectivity index (χ4v) is 2.24. The zero-order valence-electron chi connectivity index (χ0n) is 12.5. The lowest BCUT2D eigenvalue weighted by molar-refractivity contribution is 0.197. The highest BCUT2D eigenvalue weighted by atomic mass is 35.5. The Bertz CT molecular complexity index is 599. The fraction of sp³-hybridized carbons (Fsp3) is 0.400. The largest absolute Gasteiger partial charge is 0.497 e. The summed E-state index contributed by atoms with van der Waals surface area (Å²) >= 11 is 6.30. The average molecular weight is 310 g/mol. The molecule has 5 nitrogen and oxygen atoms in total. The minimum absolute atomic E-state index is 0.646. The molecule has 21 heavy (non-hydrogen) atoms. The van der Waals surface area contributed by atoms with E-state index in [4.69, 9.17) is 21.1 Å². The van der Waals surface area contributed by atoms with Gasteiger partial charge in [0.05, 0.1) is 23.5 Å². The molecule has 1 heterocycles. The third-order valence-electron chi connectivity index (χ3n) is 3.05. The minimum atomic E-state index is 0.646. The molecular formula is C15H20ClN3O2. The third-order valence-corrected chi connectivity index (χ3v) is 3.37. The number of aryl methyl sites for hydroxylation is 1. The van der Waals surface area contributed by atoms with E-state index in [1.165, 1.54) is 0 Å². The van der Waals surface area contributed by atoms with E-state index in [2.05, 4.69) is 10.3 Å². The SMILES string of the molecule is COCCCNc1nc(C)cn1-c1cc(OC)ccc1Cl. The first kappa shape index (κ1) is 15.7. The Morgan fingerprint density at radius 1 is 1.33 bits per heavy atom. The Labute approximate surface area is 129 Å². The van der Waals surface area contributed by atoms with Gasteiger partial charge in [-0.15, -0.1) is 0 Å². The quantitative estimate of drug-likeness (QED) is 0.797. The fourth-order valence-electron chi connectivity index (χ4n) is 2.03. The molecule has 1 aromatic heterocycles. The summed E-state index contributed by atoms with van der Waals surface area (Å²) in [5.41, 5.74) is 1.76. The number of ether oxygens (including phenoxy) is 2. The minimum Gasteiger partial charge on any atom is -0.497 e. The third kappa shape index (κ3) is 3.89. The molecule has 0 spiro atoms. The maximum absolute atomic E-state index is 6.30. The number of imidazole rings is 1. The first-order valence-electron chi connectivity index (χ1n) is 6.78. The van der Waals surface area contributed by atoms with Gasteiger partial charge in [0.25, 0.3) is 0 Å². The van der Waals surface area contributed by atoms with Crippen LogP contribution in [0, 0.1) is 6.92 Å². The highest BCUT2D eigenvalue weighted by Gasteiger charge is 2.11. The average Bonchev–Trinajstić information content (AvgIpc) is 2.85. The van der Waals surface area contributed by atoms with Crippen LogP contribution < -0.4 is 10.1 Å². The molecule has 6 heteroatoms. The zero-order chi connectivity index (χ0) is 15.2. The van der Waals surface area contributed by atoms with Gasteiger partial charge in [0.2, 0.25) is 5.95 Å². The lowest BCUT2D eigenvalue weighted by Crippen LogP contribution is -2.09. The van der Waals surface area contributed by atoms with Crippen molar-refractivity contribution in [2.45, 2.75) is 13.3 Å². The molecule has 0 amide bonds. The number of methoxy groups -OCH3 is 2. The first-order valence-corrected chi connectivity index (χ1v) is 7.16. The smallest absolute Gasteiger partial charge is 0.207 e. The molecule has 0 saturated heterocycles. The van der Waals surface area contributed by atoms with Crippen molar-refractivity contribution in [3.63, 3.8) is 0 Å². The standard InChI is InChI=1S/C15H20ClN3O2/c1-11-10-19(15(18-11)17-7-4-8-20-2)14-9-12(21-3)5-6-13(14)16/h5-6,9-10H,4,7-8H2,1-3H3,(H,17,18). The second-order valence-corrected chi connectivity index (χ2v) is 5.07. The Morgan fingerprint density at radius 2 is 2.14 bits per heavy atom. The van der Waals surface area contributed by atoms with Crippen LogP contribution in [0.3, 0.4) is 0 Å². The number of anilines is 1. The first-order chi connectivity index (χ1) is 10.2. The molecule has 114 valence electrons. The van der Waals surface area contributed by atoms with Gasteiger partial charge in [0.15, 0.2) is 0 Å². The molecule has 1 N–H and O–H groups in total. The second-order valence-electron chi connectivity index (χ2n) is 4.67. The molecule has 0 aliphatic heterocycles. The molecule has 1 aromatic carbocycles. The number of halogens is 1. The van der Waals surface area contributed by atoms with E-state index in [1.807, 2.05) is 35.9 Å². The van der Waals surface area contributed by atoms with Gasteiger partial charge in [-0.25, -0.2) is 4.98 Å². The van der Waals surface area contributed by atoms with Crippen LogP contribution in [0.5, 0.6) is 5.75 Å². The van der Waals surface area contributed by atoms with Gasteiger partial charge in [0, 0.05) is 32.5 Å². The van der Waals surface area contributed by atoms with Gasteiger partial charge >= 0.3 is 0 Å². The molecule has 0 radical (unpaired) electrons. The van der Waals surface area contributed by atoms with Crippen molar-refractivity contribution in [2.75, 3.05) is 32.7 Å². The van der Waals surface area contributed by atoms with E-state index >= 15 is 0 Å². The van der Waals surface area contributed by atoms with Crippen LogP contribution in [-0.4, -0.2) is 36.9 Å². The molecule has 2 rings (SSSR count). The monoisotopic (exact) mass is 309 g/mol. The predicted octanol–water partition coefficient (Wildman–Crippen LogP) is 3.29. The molecule has 0 aliphatic rings. The number of aromatic nitrogens is 2. The highest BCUT2D eigenvalue weighted by Crippen LogP contribution is 2.28. The molecule has 2 aromatic rings. The summed E-state index contributed by atoms with van der Waals surface area (Å²) < 4.78 is 12.2. The van der Waals surface area contributed by atoms with Gasteiger partial charge in [-0.1, -0.05) is 11.6 Å². The van der Waals surface area contributed by atoms with Gasteiger partial charge < -0.3 is 14.8 Å². The van der Waals surface area contributed by atoms with E-state index in [1.54, 1.807) is 14.2 Å². The molecule has 0 fully saturated rings. The van der Waals surface area contributed by atoms with Crippen LogP contribution in [0.15, 0.2) is 24.4 Å². The van der Waals surface area contributed by atoms with Crippen LogP contribution in [-0.2, 0) is 4.74 Å². The van der Waals surface area contributed by atoms with Crippen molar-refractivity contribution in [2.24, 2.45) is 0 Å². The van der Waals surface area contributed by atoms with Gasteiger partial charge in [-0.3, -0.25) is 4.57 Å². The van der Waals surface area contributed by atoms with Crippen LogP contribution in [0.25, 0.3) is 5.69 Å². The Balaban J connectivity index is 2.26. The number of rotatable bonds is 7. The lowest BCUT2D eigenvalue weighted by atomic mass is 10.3. The summed E-state index contributed by atoms with van der Waals surface area (Å²) in [6.07, 6.45) is 2.85. The Kier molecular flexibility index (Phi) is 5.47. The summed E-state index contributed by atoms with van der Waals surface area (Å²) in [4.78, 5) is 4.49. The Morgan fingerprint density at radius 3 is 2.86 bits per heavy atom. The van der Waals surface area contributed by atoms with Crippen LogP contribution in [0.4, 0.5) is 5.95 Å². The van der Waals surface area contributed by atoms with Crippen molar-refractivity contribution in [1.82, 2.24) is 9.55 Å². The van der Waals surface area contributed by atoms with Crippen LogP contribution in [0.1, 0.15) is 12.1 Å². The molecular weight excluding hydrogens is 290 g/mol. The lowest BCUT2D eigenvalue weighted by Gasteiger charge is -2.12. The van der Waals surface area contributed by atoms with Crippen molar-refractivity contribution < 1.29 is 9.47 Å². The van der Waals surface area contributed by atoms with Crippen molar-refractivity contribution in [3.05, 3.63) is 35.1 Å². The van der Waals surface area contributed by atoms with Crippen molar-refractivity contribution in [1.29, 1.82) is 0 Å². The van der Waals surface area contributed by atoms with E-state index < -0.39 is 0 Å². The summed E-state index contributed by atoms with van der Waals surface area (Å²) in [5, 5.41) is 3.95. The summed E-state index contributed by atoms with van der Waals surface area (Å²) in [7, 11) is 3.33. The summed E-state index contributed by atoms with van der Waals surface area (Å²) in [5.74, 6) is 1.52. The van der Waals surface area contributed by atoms with E-state index in [0.717, 1.165) is 36.0 Å². The maximum atomic E-state index is 6.30. The van der Waals surface area contributed by atoms with Gasteiger partial charge in [-0.05, 0) is 25.5 Å². The highest BCUT2D eigenvalue weighted by molar-refractivity contribution is 6.32. The Hall–Kier alpha value is -1.72. The number of nitrogens with one attached hydrogen (secondary N) is 1. The zero-order valence-corrected chi connectivity index (χ0v) is 13.3. The number of hydrogen-bond acceptors (Lipinski definition) is 4. The molecule has 0 atom stereocenters. The van der Waals surface area contributed by atoms with Gasteiger partial charge in [0.1, 0.15) is 5.75 Å². The number of nitrogens with zero attached hydrogens (tertiary/aromatic N) is 2. The second kappa shape index (κ2) is 7.33. The molecule has 0 aliphatic carbocycles. The maximum Gasteiger partial charge on any atom is 0.207 e. The van der Waals surface area contributed by atoms with Crippen LogP contribution in [0.2, 0.25) is 5.02 Å². The topological polar surface area (TPSA) is 48.3 Å². The van der Waals surface area contributed by atoms with E-state index in [-0.39, 0.29) is 0 Å². The number of benzene rings is 1. The van der Waals surface area contributed by atoms with Gasteiger partial charge in [-0.2, -0.15) is 0 Å². The van der Waals surface area contributed by atoms with E-state index in [9.17, 15) is 0 Å². The molecule has 0 unspecified atom stereocenters. The van der Waals surface area contributed by atoms with Crippen molar-refractivity contribution in [3.8, 4) is 11.4 Å². The van der Waals surface area contributed by atoms with Crippen molar-refractivity contribution >= 4 is 17.5 Å².